The Morgan fingerprint density at radius 2 is 2.16 bits per heavy atom. The first-order valence-electron chi connectivity index (χ1n) is 10.5. The highest BCUT2D eigenvalue weighted by atomic mass is 32.2. The number of aryl methyl sites for hydroxylation is 1. The molecule has 0 amide bonds. The average molecular weight is 448 g/mol. The number of anilines is 1. The van der Waals surface area contributed by atoms with E-state index in [1.807, 2.05) is 28.9 Å². The highest BCUT2D eigenvalue weighted by Gasteiger charge is 2.29. The summed E-state index contributed by atoms with van der Waals surface area (Å²) in [5.41, 5.74) is 1.87. The Morgan fingerprint density at radius 1 is 1.32 bits per heavy atom. The molecule has 31 heavy (non-hydrogen) atoms. The number of ether oxygens (including phenoxy) is 1. The average Bonchev–Trinajstić information content (AvgIpc) is 3.37. The molecule has 4 rings (SSSR count). The lowest BCUT2D eigenvalue weighted by atomic mass is 10.1. The van der Waals surface area contributed by atoms with Gasteiger partial charge in [0.1, 0.15) is 12.4 Å². The molecule has 1 aromatic carbocycles. The zero-order chi connectivity index (χ0) is 21.8. The molecular formula is C20H29N7O3S. The number of guanidine groups is 1. The van der Waals surface area contributed by atoms with Crippen molar-refractivity contribution in [3.05, 3.63) is 41.5 Å². The molecule has 0 bridgehead atoms. The summed E-state index contributed by atoms with van der Waals surface area (Å²) in [6, 6.07) is 7.81. The minimum atomic E-state index is -3.40. The Balaban J connectivity index is 1.29. The van der Waals surface area contributed by atoms with Crippen LogP contribution in [0.3, 0.4) is 0 Å². The van der Waals surface area contributed by atoms with E-state index in [-0.39, 0.29) is 18.3 Å². The number of sulfonamides is 1. The SMILES string of the molecule is CN=C(NCCS(=O)(=O)N1CCc2ccccc21)NC1CCc2nc(COC)nn2C1. The number of aromatic nitrogens is 3. The molecule has 2 aliphatic heterocycles. The molecule has 0 saturated heterocycles. The zero-order valence-electron chi connectivity index (χ0n) is 17.9. The van der Waals surface area contributed by atoms with Crippen LogP contribution < -0.4 is 14.9 Å². The number of nitrogens with one attached hydrogen (secondary N) is 2. The Morgan fingerprint density at radius 3 is 2.97 bits per heavy atom. The number of hydrogen-bond donors (Lipinski definition) is 2. The van der Waals surface area contributed by atoms with Crippen molar-refractivity contribution in [3.8, 4) is 0 Å². The standard InChI is InChI=1S/C20H29N7O3S/c1-21-20(23-16-7-8-19-24-18(14-30-2)25-26(19)13-16)22-10-12-31(28,29)27-11-9-15-5-3-4-6-17(15)27/h3-6,16H,7-14H2,1-2H3,(H2,21,22,23). The van der Waals surface area contributed by atoms with Crippen LogP contribution in [0.15, 0.2) is 29.3 Å². The second kappa shape index (κ2) is 9.23. The van der Waals surface area contributed by atoms with Gasteiger partial charge in [-0.3, -0.25) is 9.30 Å². The third-order valence-electron chi connectivity index (χ3n) is 5.57. The van der Waals surface area contributed by atoms with E-state index in [2.05, 4.69) is 25.7 Å². The molecule has 2 aromatic rings. The van der Waals surface area contributed by atoms with Crippen LogP contribution in [-0.4, -0.2) is 68.2 Å². The molecule has 1 aromatic heterocycles. The lowest BCUT2D eigenvalue weighted by molar-refractivity contribution is 0.177. The Kier molecular flexibility index (Phi) is 6.42. The summed E-state index contributed by atoms with van der Waals surface area (Å²) in [5, 5.41) is 11.0. The van der Waals surface area contributed by atoms with E-state index < -0.39 is 10.0 Å². The predicted octanol–water partition coefficient (Wildman–Crippen LogP) is 0.297. The van der Waals surface area contributed by atoms with Gasteiger partial charge in [-0.1, -0.05) is 18.2 Å². The fourth-order valence-electron chi connectivity index (χ4n) is 4.06. The van der Waals surface area contributed by atoms with Gasteiger partial charge >= 0.3 is 0 Å². The number of aliphatic imine (C=N–C) groups is 1. The van der Waals surface area contributed by atoms with E-state index in [4.69, 9.17) is 4.74 Å². The number of rotatable bonds is 7. The van der Waals surface area contributed by atoms with Crippen LogP contribution in [0, 0.1) is 0 Å². The van der Waals surface area contributed by atoms with Crippen molar-refractivity contribution in [2.75, 3.05) is 37.3 Å². The summed E-state index contributed by atoms with van der Waals surface area (Å²) in [5.74, 6) is 2.24. The van der Waals surface area contributed by atoms with Crippen LogP contribution in [0.25, 0.3) is 0 Å². The smallest absolute Gasteiger partial charge is 0.236 e. The third kappa shape index (κ3) is 4.82. The fourth-order valence-corrected chi connectivity index (χ4v) is 5.49. The van der Waals surface area contributed by atoms with Crippen molar-refractivity contribution >= 4 is 21.7 Å². The van der Waals surface area contributed by atoms with Crippen molar-refractivity contribution in [3.63, 3.8) is 0 Å². The van der Waals surface area contributed by atoms with Crippen LogP contribution in [0.2, 0.25) is 0 Å². The maximum atomic E-state index is 12.8. The van der Waals surface area contributed by atoms with Crippen molar-refractivity contribution in [1.82, 2.24) is 25.4 Å². The van der Waals surface area contributed by atoms with Crippen LogP contribution in [0.4, 0.5) is 5.69 Å². The van der Waals surface area contributed by atoms with Gasteiger partial charge < -0.3 is 15.4 Å². The molecular weight excluding hydrogens is 418 g/mol. The minimum absolute atomic E-state index is 0.000301. The first-order valence-corrected chi connectivity index (χ1v) is 12.1. The van der Waals surface area contributed by atoms with E-state index >= 15 is 0 Å². The lowest BCUT2D eigenvalue weighted by Crippen LogP contribution is -2.48. The van der Waals surface area contributed by atoms with Gasteiger partial charge in [0.05, 0.1) is 18.0 Å². The molecule has 2 aliphatic rings. The van der Waals surface area contributed by atoms with Gasteiger partial charge in [0.15, 0.2) is 11.8 Å². The van der Waals surface area contributed by atoms with E-state index in [1.54, 1.807) is 14.2 Å². The highest BCUT2D eigenvalue weighted by Crippen LogP contribution is 2.29. The van der Waals surface area contributed by atoms with Gasteiger partial charge in [-0.25, -0.2) is 18.1 Å². The van der Waals surface area contributed by atoms with E-state index in [0.717, 1.165) is 36.3 Å². The monoisotopic (exact) mass is 447 g/mol. The minimum Gasteiger partial charge on any atom is -0.377 e. The molecule has 1 atom stereocenters. The van der Waals surface area contributed by atoms with E-state index in [1.165, 1.54) is 4.31 Å². The van der Waals surface area contributed by atoms with E-state index in [9.17, 15) is 8.42 Å². The molecule has 3 heterocycles. The first kappa shape index (κ1) is 21.6. The van der Waals surface area contributed by atoms with Crippen LogP contribution in [-0.2, 0) is 40.8 Å². The van der Waals surface area contributed by atoms with Crippen LogP contribution >= 0.6 is 0 Å². The van der Waals surface area contributed by atoms with Crippen LogP contribution in [0.1, 0.15) is 23.6 Å². The molecule has 0 saturated carbocycles. The zero-order valence-corrected chi connectivity index (χ0v) is 18.7. The molecule has 0 aliphatic carbocycles. The molecule has 1 unspecified atom stereocenters. The van der Waals surface area contributed by atoms with Crippen LogP contribution in [0.5, 0.6) is 0 Å². The van der Waals surface area contributed by atoms with Crippen molar-refractivity contribution in [2.45, 2.75) is 38.5 Å². The summed E-state index contributed by atoms with van der Waals surface area (Å²) in [6.45, 7) is 1.86. The Bertz CT molecular complexity index is 1050. The largest absolute Gasteiger partial charge is 0.377 e. The second-order valence-corrected chi connectivity index (χ2v) is 9.72. The number of benzene rings is 1. The molecule has 10 nitrogen and oxygen atoms in total. The number of fused-ring (bicyclic) bond motifs is 2. The van der Waals surface area contributed by atoms with Gasteiger partial charge in [0, 0.05) is 39.7 Å². The van der Waals surface area contributed by atoms with Gasteiger partial charge in [-0.15, -0.1) is 0 Å². The van der Waals surface area contributed by atoms with Gasteiger partial charge in [-0.05, 0) is 24.5 Å². The van der Waals surface area contributed by atoms with Gasteiger partial charge in [0.25, 0.3) is 0 Å². The maximum Gasteiger partial charge on any atom is 0.236 e. The van der Waals surface area contributed by atoms with Gasteiger partial charge in [-0.2, -0.15) is 5.10 Å². The van der Waals surface area contributed by atoms with Crippen molar-refractivity contribution in [1.29, 1.82) is 0 Å². The molecule has 168 valence electrons. The normalized spacial score (nSPS) is 18.6. The summed E-state index contributed by atoms with van der Waals surface area (Å²) < 4.78 is 34.2. The third-order valence-corrected chi connectivity index (χ3v) is 7.34. The molecule has 0 fully saturated rings. The quantitative estimate of drug-likeness (QED) is 0.463. The number of nitrogens with zero attached hydrogens (tertiary/aromatic N) is 5. The summed E-state index contributed by atoms with van der Waals surface area (Å²) in [6.07, 6.45) is 2.47. The first-order chi connectivity index (χ1) is 15.0. The molecule has 2 N–H and O–H groups in total. The fraction of sp³-hybridized carbons (Fsp3) is 0.550. The number of hydrogen-bond acceptors (Lipinski definition) is 6. The highest BCUT2D eigenvalue weighted by molar-refractivity contribution is 7.92. The predicted molar refractivity (Wildman–Crippen MR) is 119 cm³/mol. The summed E-state index contributed by atoms with van der Waals surface area (Å²) >= 11 is 0. The number of para-hydroxylation sites is 1. The Labute approximate surface area is 182 Å². The maximum absolute atomic E-state index is 12.8. The summed E-state index contributed by atoms with van der Waals surface area (Å²) in [4.78, 5) is 8.73. The number of methoxy groups -OCH3 is 1. The van der Waals surface area contributed by atoms with E-state index in [0.29, 0.717) is 31.5 Å². The van der Waals surface area contributed by atoms with Crippen molar-refractivity contribution < 1.29 is 13.2 Å². The topological polar surface area (TPSA) is 114 Å². The Hall–Kier alpha value is -2.66. The lowest BCUT2D eigenvalue weighted by Gasteiger charge is -2.25. The molecule has 11 heteroatoms. The molecule has 0 radical (unpaired) electrons. The molecule has 0 spiro atoms. The van der Waals surface area contributed by atoms with Gasteiger partial charge in [0.2, 0.25) is 10.0 Å². The summed E-state index contributed by atoms with van der Waals surface area (Å²) in [7, 11) is -0.0901. The van der Waals surface area contributed by atoms with Crippen molar-refractivity contribution in [2.24, 2.45) is 4.99 Å². The second-order valence-electron chi connectivity index (χ2n) is 7.71.